The van der Waals surface area contributed by atoms with E-state index < -0.39 is 5.63 Å². The zero-order valence-electron chi connectivity index (χ0n) is 16.0. The summed E-state index contributed by atoms with van der Waals surface area (Å²) in [5.74, 6) is 0. The molecule has 0 aliphatic carbocycles. The molecule has 5 rings (SSSR count). The molecule has 0 saturated carbocycles. The molecular formula is C25H13ClN2O2S. The first-order valence-electron chi connectivity index (χ1n) is 9.42. The second kappa shape index (κ2) is 7.84. The van der Waals surface area contributed by atoms with E-state index in [1.807, 2.05) is 54.6 Å². The van der Waals surface area contributed by atoms with Crippen LogP contribution in [0.1, 0.15) is 10.6 Å². The summed E-state index contributed by atoms with van der Waals surface area (Å²) in [6, 6.07) is 22.9. The largest absolute Gasteiger partial charge is 0.422 e. The molecule has 5 aromatic rings. The van der Waals surface area contributed by atoms with Crippen LogP contribution in [-0.2, 0) is 0 Å². The van der Waals surface area contributed by atoms with Gasteiger partial charge in [-0.05, 0) is 40.6 Å². The third kappa shape index (κ3) is 3.53. The van der Waals surface area contributed by atoms with E-state index in [4.69, 9.17) is 16.0 Å². The molecule has 3 aromatic carbocycles. The van der Waals surface area contributed by atoms with Crippen LogP contribution in [-0.4, -0.2) is 4.98 Å². The monoisotopic (exact) mass is 440 g/mol. The molecule has 0 aliphatic heterocycles. The van der Waals surface area contributed by atoms with Gasteiger partial charge in [0, 0.05) is 15.8 Å². The predicted octanol–water partition coefficient (Wildman–Crippen LogP) is 6.79. The molecule has 0 amide bonds. The third-order valence-electron chi connectivity index (χ3n) is 4.98. The van der Waals surface area contributed by atoms with E-state index in [0.717, 1.165) is 21.7 Å². The molecule has 4 nitrogen and oxygen atoms in total. The van der Waals surface area contributed by atoms with Gasteiger partial charge in [0.05, 0.1) is 16.8 Å². The van der Waals surface area contributed by atoms with Gasteiger partial charge in [0.2, 0.25) is 0 Å². The highest BCUT2D eigenvalue weighted by Crippen LogP contribution is 2.31. The summed E-state index contributed by atoms with van der Waals surface area (Å²) < 4.78 is 5.57. The highest BCUT2D eigenvalue weighted by Gasteiger charge is 2.15. The lowest BCUT2D eigenvalue weighted by Gasteiger charge is -2.04. The van der Waals surface area contributed by atoms with Crippen LogP contribution in [0.4, 0.5) is 0 Å². The summed E-state index contributed by atoms with van der Waals surface area (Å²) in [4.78, 5) is 17.2. The van der Waals surface area contributed by atoms with Crippen molar-refractivity contribution in [3.8, 4) is 17.3 Å². The van der Waals surface area contributed by atoms with Gasteiger partial charge in [-0.15, -0.1) is 11.3 Å². The van der Waals surface area contributed by atoms with Crippen LogP contribution in [0.2, 0.25) is 5.02 Å². The molecule has 0 spiro atoms. The molecule has 148 valence electrons. The van der Waals surface area contributed by atoms with E-state index in [9.17, 15) is 10.1 Å². The highest BCUT2D eigenvalue weighted by molar-refractivity contribution is 7.11. The SMILES string of the molecule is N#C/C(=C/c1ccccc1Cl)c1nc(-c2cc3c(ccc4ccccc43)oc2=O)cs1. The maximum Gasteiger partial charge on any atom is 0.345 e. The summed E-state index contributed by atoms with van der Waals surface area (Å²) in [5.41, 5.74) is 2.01. The van der Waals surface area contributed by atoms with E-state index >= 15 is 0 Å². The fourth-order valence-electron chi connectivity index (χ4n) is 3.46. The van der Waals surface area contributed by atoms with Crippen molar-refractivity contribution in [1.29, 1.82) is 5.26 Å². The summed E-state index contributed by atoms with van der Waals surface area (Å²) >= 11 is 7.51. The number of rotatable bonds is 3. The molecule has 0 unspecified atom stereocenters. The zero-order valence-corrected chi connectivity index (χ0v) is 17.6. The van der Waals surface area contributed by atoms with Gasteiger partial charge in [-0.1, -0.05) is 60.1 Å². The Morgan fingerprint density at radius 1 is 1.06 bits per heavy atom. The van der Waals surface area contributed by atoms with E-state index in [1.165, 1.54) is 11.3 Å². The number of thiazole rings is 1. The molecule has 2 aromatic heterocycles. The predicted molar refractivity (Wildman–Crippen MR) is 126 cm³/mol. The summed E-state index contributed by atoms with van der Waals surface area (Å²) in [6.07, 6.45) is 1.70. The fourth-order valence-corrected chi connectivity index (χ4v) is 4.44. The van der Waals surface area contributed by atoms with Gasteiger partial charge >= 0.3 is 5.63 Å². The molecule has 31 heavy (non-hydrogen) atoms. The zero-order chi connectivity index (χ0) is 21.4. The Kier molecular flexibility index (Phi) is 4.87. The number of hydrogen-bond acceptors (Lipinski definition) is 5. The lowest BCUT2D eigenvalue weighted by atomic mass is 10.0. The van der Waals surface area contributed by atoms with Crippen molar-refractivity contribution in [1.82, 2.24) is 4.98 Å². The van der Waals surface area contributed by atoms with E-state index in [0.29, 0.717) is 32.4 Å². The second-order valence-corrected chi connectivity index (χ2v) is 8.14. The normalized spacial score (nSPS) is 11.7. The molecule has 0 aliphatic rings. The minimum atomic E-state index is -0.465. The van der Waals surface area contributed by atoms with Gasteiger partial charge in [-0.25, -0.2) is 9.78 Å². The molecule has 0 radical (unpaired) electrons. The minimum absolute atomic E-state index is 0.362. The Labute approximate surface area is 186 Å². The van der Waals surface area contributed by atoms with Crippen LogP contribution in [0.15, 0.2) is 81.3 Å². The first-order valence-corrected chi connectivity index (χ1v) is 10.7. The number of nitriles is 1. The molecule has 0 saturated heterocycles. The maximum atomic E-state index is 12.7. The van der Waals surface area contributed by atoms with Crippen molar-refractivity contribution in [2.24, 2.45) is 0 Å². The number of fused-ring (bicyclic) bond motifs is 3. The summed E-state index contributed by atoms with van der Waals surface area (Å²) in [6.45, 7) is 0. The molecule has 6 heteroatoms. The first kappa shape index (κ1) is 19.3. The number of allylic oxidation sites excluding steroid dienone is 1. The van der Waals surface area contributed by atoms with Gasteiger partial charge in [0.15, 0.2) is 0 Å². The summed E-state index contributed by atoms with van der Waals surface area (Å²) in [5, 5.41) is 15.4. The standard InChI is InChI=1S/C25H13ClN2O2S/c26-21-8-4-2-6-16(21)11-17(13-27)24-28-22(14-31-24)20-12-19-18-7-3-1-5-15(18)9-10-23(19)30-25(20)29/h1-12,14H/b17-11-. The van der Waals surface area contributed by atoms with Crippen molar-refractivity contribution in [2.45, 2.75) is 0 Å². The van der Waals surface area contributed by atoms with Crippen LogP contribution in [0.5, 0.6) is 0 Å². The van der Waals surface area contributed by atoms with Gasteiger partial charge in [0.1, 0.15) is 16.7 Å². The number of nitrogens with zero attached hydrogens (tertiary/aromatic N) is 2. The topological polar surface area (TPSA) is 66.9 Å². The Morgan fingerprint density at radius 2 is 1.87 bits per heavy atom. The lowest BCUT2D eigenvalue weighted by molar-refractivity contribution is 0.563. The first-order chi connectivity index (χ1) is 15.1. The Morgan fingerprint density at radius 3 is 2.71 bits per heavy atom. The van der Waals surface area contributed by atoms with E-state index in [1.54, 1.807) is 23.6 Å². The fraction of sp³-hybridized carbons (Fsp3) is 0. The van der Waals surface area contributed by atoms with Gasteiger partial charge in [-0.2, -0.15) is 5.26 Å². The van der Waals surface area contributed by atoms with Gasteiger partial charge < -0.3 is 4.42 Å². The van der Waals surface area contributed by atoms with Crippen molar-refractivity contribution in [3.05, 3.63) is 98.1 Å². The second-order valence-electron chi connectivity index (χ2n) is 6.88. The van der Waals surface area contributed by atoms with Gasteiger partial charge in [0.25, 0.3) is 0 Å². The molecule has 0 atom stereocenters. The van der Waals surface area contributed by atoms with Crippen molar-refractivity contribution in [3.63, 3.8) is 0 Å². The van der Waals surface area contributed by atoms with Crippen molar-refractivity contribution in [2.75, 3.05) is 0 Å². The third-order valence-corrected chi connectivity index (χ3v) is 6.20. The van der Waals surface area contributed by atoms with Crippen molar-refractivity contribution < 1.29 is 4.42 Å². The number of halogens is 1. The van der Waals surface area contributed by atoms with E-state index in [2.05, 4.69) is 11.1 Å². The summed E-state index contributed by atoms with van der Waals surface area (Å²) in [7, 11) is 0. The highest BCUT2D eigenvalue weighted by atomic mass is 35.5. The smallest absolute Gasteiger partial charge is 0.345 e. The van der Waals surface area contributed by atoms with Crippen LogP contribution in [0, 0.1) is 11.3 Å². The maximum absolute atomic E-state index is 12.7. The van der Waals surface area contributed by atoms with Gasteiger partial charge in [-0.3, -0.25) is 0 Å². The van der Waals surface area contributed by atoms with E-state index in [-0.39, 0.29) is 0 Å². The average Bonchev–Trinajstić information content (AvgIpc) is 3.27. The molecular weight excluding hydrogens is 428 g/mol. The van der Waals surface area contributed by atoms with Crippen LogP contribution >= 0.6 is 22.9 Å². The lowest BCUT2D eigenvalue weighted by Crippen LogP contribution is -2.03. The Hall–Kier alpha value is -3.72. The Balaban J connectivity index is 1.63. The Bertz CT molecular complexity index is 1590. The minimum Gasteiger partial charge on any atom is -0.422 e. The van der Waals surface area contributed by atoms with Crippen LogP contribution in [0.25, 0.3) is 44.6 Å². The van der Waals surface area contributed by atoms with Crippen molar-refractivity contribution >= 4 is 56.3 Å². The number of benzene rings is 3. The number of aromatic nitrogens is 1. The van der Waals surface area contributed by atoms with Crippen LogP contribution < -0.4 is 5.63 Å². The molecule has 2 heterocycles. The molecule has 0 bridgehead atoms. The molecule has 0 N–H and O–H groups in total. The van der Waals surface area contributed by atoms with Crippen LogP contribution in [0.3, 0.4) is 0 Å². The number of hydrogen-bond donors (Lipinski definition) is 0. The quantitative estimate of drug-likeness (QED) is 0.176. The molecule has 0 fully saturated rings. The average molecular weight is 441 g/mol.